The van der Waals surface area contributed by atoms with Crippen molar-refractivity contribution in [1.82, 2.24) is 25.0 Å². The van der Waals surface area contributed by atoms with Crippen molar-refractivity contribution in [2.24, 2.45) is 5.41 Å². The van der Waals surface area contributed by atoms with Crippen LogP contribution in [0, 0.1) is 5.41 Å². The molecule has 2 saturated heterocycles. The number of amides is 2. The number of ether oxygens (including phenoxy) is 1. The average Bonchev–Trinajstić information content (AvgIpc) is 3.37. The van der Waals surface area contributed by atoms with Gasteiger partial charge < -0.3 is 25.4 Å². The summed E-state index contributed by atoms with van der Waals surface area (Å²) in [6.07, 6.45) is 1.76. The third kappa shape index (κ3) is 5.31. The second-order valence-electron chi connectivity index (χ2n) is 11.7. The van der Waals surface area contributed by atoms with Crippen molar-refractivity contribution in [2.45, 2.75) is 56.3 Å². The summed E-state index contributed by atoms with van der Waals surface area (Å²) in [4.78, 5) is 31.0. The number of halogens is 3. The van der Waals surface area contributed by atoms with Crippen molar-refractivity contribution in [3.05, 3.63) is 47.9 Å². The highest BCUT2D eigenvalue weighted by atomic mass is 19.4. The molecule has 3 fully saturated rings. The zero-order chi connectivity index (χ0) is 29.7. The summed E-state index contributed by atoms with van der Waals surface area (Å²) < 4.78 is 46.5. The molecular weight excluding hydrogens is 553 g/mol. The summed E-state index contributed by atoms with van der Waals surface area (Å²) in [5.74, 6) is -0.608. The first kappa shape index (κ1) is 28.4. The van der Waals surface area contributed by atoms with Crippen molar-refractivity contribution in [3.8, 4) is 5.75 Å². The molecule has 13 heteroatoms. The van der Waals surface area contributed by atoms with Gasteiger partial charge in [-0.3, -0.25) is 14.3 Å². The maximum atomic E-state index is 13.1. The molecule has 2 aromatic heterocycles. The molecule has 0 bridgehead atoms. The largest absolute Gasteiger partial charge is 0.494 e. The molecule has 0 unspecified atom stereocenters. The number of piperidine rings is 2. The minimum atomic E-state index is -4.66. The zero-order valence-corrected chi connectivity index (χ0v) is 23.2. The Hall–Kier alpha value is -3.71. The molecule has 0 radical (unpaired) electrons. The van der Waals surface area contributed by atoms with Gasteiger partial charge in [0.2, 0.25) is 0 Å². The van der Waals surface area contributed by atoms with Gasteiger partial charge in [-0.2, -0.15) is 18.3 Å². The van der Waals surface area contributed by atoms with E-state index in [1.54, 1.807) is 12.1 Å². The van der Waals surface area contributed by atoms with Crippen LogP contribution in [0.3, 0.4) is 0 Å². The van der Waals surface area contributed by atoms with E-state index in [0.29, 0.717) is 56.0 Å². The zero-order valence-electron chi connectivity index (χ0n) is 23.2. The third-order valence-corrected chi connectivity index (χ3v) is 9.02. The topological polar surface area (TPSA) is 122 Å². The number of anilines is 1. The Morgan fingerprint density at radius 2 is 1.83 bits per heavy atom. The molecular formula is C29H33F3N6O4. The molecule has 2 aliphatic heterocycles. The molecule has 3 aliphatic rings. The van der Waals surface area contributed by atoms with E-state index in [0.717, 1.165) is 43.2 Å². The maximum Gasteiger partial charge on any atom is 0.433 e. The maximum absolute atomic E-state index is 13.1. The van der Waals surface area contributed by atoms with Crippen molar-refractivity contribution >= 4 is 28.4 Å². The summed E-state index contributed by atoms with van der Waals surface area (Å²) in [5, 5.41) is 22.1. The van der Waals surface area contributed by atoms with Gasteiger partial charge in [0.15, 0.2) is 0 Å². The Bertz CT molecular complexity index is 1500. The van der Waals surface area contributed by atoms with E-state index in [4.69, 9.17) is 9.84 Å². The van der Waals surface area contributed by atoms with Gasteiger partial charge in [-0.05, 0) is 75.2 Å². The number of pyridine rings is 1. The number of carbonyl (C=O) groups excluding carboxylic acids is 2. The number of benzene rings is 1. The minimum absolute atomic E-state index is 0.144. The highest BCUT2D eigenvalue weighted by Gasteiger charge is 2.49. The highest BCUT2D eigenvalue weighted by molar-refractivity contribution is 6.05. The number of methoxy groups -OCH3 is 1. The van der Waals surface area contributed by atoms with E-state index in [1.165, 1.54) is 13.2 Å². The summed E-state index contributed by atoms with van der Waals surface area (Å²) >= 11 is 0. The van der Waals surface area contributed by atoms with Gasteiger partial charge in [0.1, 0.15) is 22.7 Å². The van der Waals surface area contributed by atoms with Crippen molar-refractivity contribution < 1.29 is 32.6 Å². The molecule has 1 saturated carbocycles. The monoisotopic (exact) mass is 586 g/mol. The minimum Gasteiger partial charge on any atom is -0.494 e. The van der Waals surface area contributed by atoms with Gasteiger partial charge in [-0.15, -0.1) is 0 Å². The van der Waals surface area contributed by atoms with Crippen LogP contribution in [-0.2, 0) is 11.0 Å². The lowest BCUT2D eigenvalue weighted by Crippen LogP contribution is -2.57. The van der Waals surface area contributed by atoms with Gasteiger partial charge in [0.05, 0.1) is 24.4 Å². The molecule has 4 heterocycles. The van der Waals surface area contributed by atoms with Crippen molar-refractivity contribution in [2.75, 3.05) is 38.6 Å². The Labute approximate surface area is 240 Å². The number of rotatable bonds is 5. The number of nitrogens with zero attached hydrogens (tertiary/aromatic N) is 4. The van der Waals surface area contributed by atoms with Gasteiger partial charge >= 0.3 is 6.18 Å². The number of alkyl halides is 3. The third-order valence-electron chi connectivity index (χ3n) is 9.02. The van der Waals surface area contributed by atoms with E-state index < -0.39 is 23.4 Å². The molecule has 1 aliphatic carbocycles. The lowest BCUT2D eigenvalue weighted by atomic mass is 9.60. The van der Waals surface area contributed by atoms with Crippen LogP contribution in [0.15, 0.2) is 36.5 Å². The van der Waals surface area contributed by atoms with E-state index in [1.807, 2.05) is 15.8 Å². The number of nitrogens with one attached hydrogen (secondary N) is 2. The van der Waals surface area contributed by atoms with Crippen LogP contribution in [0.5, 0.6) is 5.75 Å². The first-order valence-corrected chi connectivity index (χ1v) is 14.1. The van der Waals surface area contributed by atoms with E-state index in [9.17, 15) is 27.9 Å². The summed E-state index contributed by atoms with van der Waals surface area (Å²) in [6, 6.07) is 6.73. The fourth-order valence-corrected chi connectivity index (χ4v) is 6.50. The first-order chi connectivity index (χ1) is 20.0. The lowest BCUT2D eigenvalue weighted by Gasteiger charge is -2.52. The molecule has 0 atom stereocenters. The number of aliphatic hydroxyl groups is 1. The Balaban J connectivity index is 1.11. The quantitative estimate of drug-likeness (QED) is 0.416. The van der Waals surface area contributed by atoms with Gasteiger partial charge in [-0.25, -0.2) is 4.98 Å². The summed E-state index contributed by atoms with van der Waals surface area (Å²) in [5.41, 5.74) is -1.65. The summed E-state index contributed by atoms with van der Waals surface area (Å²) in [6.45, 7) is 2.58. The molecule has 224 valence electrons. The SMILES string of the molecule is COc1cc2nn(C3CC4(CCN(C(=O)C5(O)CCNCC5)CC4)C3)cc2cc1NC(=O)c1cccc(C(F)(F)F)n1. The first-order valence-electron chi connectivity index (χ1n) is 14.1. The molecule has 1 spiro atoms. The van der Waals surface area contributed by atoms with E-state index >= 15 is 0 Å². The number of hydrogen-bond donors (Lipinski definition) is 3. The number of carbonyl (C=O) groups is 2. The molecule has 1 aromatic carbocycles. The molecule has 6 rings (SSSR count). The standard InChI is InChI=1S/C29H33F3N6O4/c1-42-23-14-21-18(13-22(23)35-25(39)20-3-2-4-24(34-20)29(30,31)32)17-38(36-21)19-15-27(16-19)7-11-37(12-8-27)26(40)28(41)5-9-33-10-6-28/h2-4,13-14,17,19,33,41H,5-12,15-16H2,1H3,(H,35,39). The fraction of sp³-hybridized carbons (Fsp3) is 0.517. The van der Waals surface area contributed by atoms with Crippen LogP contribution in [0.25, 0.3) is 10.9 Å². The second kappa shape index (κ2) is 10.5. The molecule has 2 amide bonds. The number of fused-ring (bicyclic) bond motifs is 1. The second-order valence-corrected chi connectivity index (χ2v) is 11.7. The smallest absolute Gasteiger partial charge is 0.433 e. The van der Waals surface area contributed by atoms with Crippen LogP contribution >= 0.6 is 0 Å². The van der Waals surface area contributed by atoms with Crippen LogP contribution in [-0.4, -0.2) is 75.5 Å². The molecule has 42 heavy (non-hydrogen) atoms. The van der Waals surface area contributed by atoms with E-state index in [2.05, 4.69) is 15.6 Å². The predicted octanol–water partition coefficient (Wildman–Crippen LogP) is 3.77. The van der Waals surface area contributed by atoms with Gasteiger partial charge in [-0.1, -0.05) is 6.07 Å². The van der Waals surface area contributed by atoms with Gasteiger partial charge in [0.25, 0.3) is 11.8 Å². The average molecular weight is 587 g/mol. The highest BCUT2D eigenvalue weighted by Crippen LogP contribution is 2.55. The van der Waals surface area contributed by atoms with Crippen molar-refractivity contribution in [3.63, 3.8) is 0 Å². The van der Waals surface area contributed by atoms with E-state index in [-0.39, 0.29) is 23.1 Å². The van der Waals surface area contributed by atoms with Crippen molar-refractivity contribution in [1.29, 1.82) is 0 Å². The fourth-order valence-electron chi connectivity index (χ4n) is 6.50. The number of aromatic nitrogens is 3. The van der Waals surface area contributed by atoms with Gasteiger partial charge in [0, 0.05) is 30.7 Å². The van der Waals surface area contributed by atoms with Crippen LogP contribution in [0.1, 0.15) is 60.7 Å². The number of hydrogen-bond acceptors (Lipinski definition) is 7. The molecule has 3 N–H and O–H groups in total. The van der Waals surface area contributed by atoms with Crippen LogP contribution in [0.2, 0.25) is 0 Å². The van der Waals surface area contributed by atoms with Crippen LogP contribution < -0.4 is 15.4 Å². The Morgan fingerprint density at radius 3 is 2.50 bits per heavy atom. The molecule has 10 nitrogen and oxygen atoms in total. The predicted molar refractivity (Wildman–Crippen MR) is 147 cm³/mol. The lowest BCUT2D eigenvalue weighted by molar-refractivity contribution is -0.158. The number of likely N-dealkylation sites (tertiary alicyclic amines) is 1. The summed E-state index contributed by atoms with van der Waals surface area (Å²) in [7, 11) is 1.44. The normalized spacial score (nSPS) is 20.4. The molecule has 3 aromatic rings. The Morgan fingerprint density at radius 1 is 1.12 bits per heavy atom. The van der Waals surface area contributed by atoms with Crippen LogP contribution in [0.4, 0.5) is 18.9 Å². The Kier molecular flexibility index (Phi) is 7.12.